The first-order valence-electron chi connectivity index (χ1n) is 5.99. The Hall–Kier alpha value is -2.40. The second kappa shape index (κ2) is 5.93. The van der Waals surface area contributed by atoms with Gasteiger partial charge in [-0.3, -0.25) is 4.79 Å². The minimum atomic E-state index is -1.04. The third kappa shape index (κ3) is 3.38. The number of carboxylic acid groups (broad SMARTS) is 1. The molecule has 2 aromatic rings. The Labute approximate surface area is 125 Å². The van der Waals surface area contributed by atoms with Crippen LogP contribution in [0.4, 0.5) is 10.1 Å². The van der Waals surface area contributed by atoms with Crippen molar-refractivity contribution in [2.24, 2.45) is 0 Å². The molecular formula is C15H11ClFNO3. The molecule has 0 aliphatic carbocycles. The second-order valence-electron chi connectivity index (χ2n) is 4.42. The Morgan fingerprint density at radius 2 is 1.81 bits per heavy atom. The van der Waals surface area contributed by atoms with Crippen molar-refractivity contribution in [1.82, 2.24) is 0 Å². The van der Waals surface area contributed by atoms with Gasteiger partial charge in [0.1, 0.15) is 5.82 Å². The Morgan fingerprint density at radius 3 is 2.38 bits per heavy atom. The smallest absolute Gasteiger partial charge is 0.335 e. The first-order chi connectivity index (χ1) is 9.88. The van der Waals surface area contributed by atoms with Gasteiger partial charge in [0.15, 0.2) is 0 Å². The quantitative estimate of drug-likeness (QED) is 0.907. The monoisotopic (exact) mass is 307 g/mol. The number of benzene rings is 2. The van der Waals surface area contributed by atoms with Gasteiger partial charge in [0.2, 0.25) is 0 Å². The lowest BCUT2D eigenvalue weighted by Gasteiger charge is -2.09. The Kier molecular flexibility index (Phi) is 4.23. The molecule has 2 rings (SSSR count). The number of nitrogens with one attached hydrogen (secondary N) is 1. The summed E-state index contributed by atoms with van der Waals surface area (Å²) in [5.74, 6) is -2.10. The highest BCUT2D eigenvalue weighted by Crippen LogP contribution is 2.20. The predicted molar refractivity (Wildman–Crippen MR) is 77.5 cm³/mol. The second-order valence-corrected chi connectivity index (χ2v) is 4.83. The number of carbonyl (C=O) groups is 2. The lowest BCUT2D eigenvalue weighted by atomic mass is 10.1. The summed E-state index contributed by atoms with van der Waals surface area (Å²) in [7, 11) is 0. The van der Waals surface area contributed by atoms with E-state index in [-0.39, 0.29) is 16.1 Å². The van der Waals surface area contributed by atoms with Gasteiger partial charge in [-0.05, 0) is 48.9 Å². The predicted octanol–water partition coefficient (Wildman–Crippen LogP) is 3.74. The Balaban J connectivity index is 2.23. The van der Waals surface area contributed by atoms with Crippen LogP contribution in [0.25, 0.3) is 0 Å². The number of hydrogen-bond donors (Lipinski definition) is 2. The lowest BCUT2D eigenvalue weighted by Crippen LogP contribution is -2.13. The summed E-state index contributed by atoms with van der Waals surface area (Å²) in [4.78, 5) is 22.9. The zero-order valence-electron chi connectivity index (χ0n) is 11.0. The highest BCUT2D eigenvalue weighted by Gasteiger charge is 2.11. The molecule has 108 valence electrons. The molecule has 2 N–H and O–H groups in total. The largest absolute Gasteiger partial charge is 0.478 e. The first kappa shape index (κ1) is 15.0. The molecule has 0 aromatic heterocycles. The van der Waals surface area contributed by atoms with Crippen molar-refractivity contribution in [3.8, 4) is 0 Å². The molecule has 0 heterocycles. The molecule has 0 saturated carbocycles. The molecule has 0 radical (unpaired) electrons. The van der Waals surface area contributed by atoms with E-state index < -0.39 is 17.7 Å². The molecule has 0 spiro atoms. The zero-order valence-corrected chi connectivity index (χ0v) is 11.7. The number of amides is 1. The van der Waals surface area contributed by atoms with Gasteiger partial charge in [-0.25, -0.2) is 9.18 Å². The molecule has 0 aliphatic heterocycles. The number of anilines is 1. The molecule has 2 aromatic carbocycles. The Bertz CT molecular complexity index is 731. The van der Waals surface area contributed by atoms with E-state index in [2.05, 4.69) is 5.32 Å². The van der Waals surface area contributed by atoms with Crippen LogP contribution >= 0.6 is 11.6 Å². The summed E-state index contributed by atoms with van der Waals surface area (Å²) in [5, 5.41) is 11.4. The van der Waals surface area contributed by atoms with Crippen LogP contribution in [0.5, 0.6) is 0 Å². The average Bonchev–Trinajstić information content (AvgIpc) is 2.43. The van der Waals surface area contributed by atoms with Gasteiger partial charge < -0.3 is 10.4 Å². The maximum absolute atomic E-state index is 13.1. The van der Waals surface area contributed by atoms with Crippen LogP contribution in [0.3, 0.4) is 0 Å². The van der Waals surface area contributed by atoms with Crippen LogP contribution in [-0.4, -0.2) is 17.0 Å². The van der Waals surface area contributed by atoms with Gasteiger partial charge in [-0.1, -0.05) is 11.6 Å². The molecule has 6 heteroatoms. The van der Waals surface area contributed by atoms with E-state index in [1.807, 2.05) is 0 Å². The van der Waals surface area contributed by atoms with Crippen molar-refractivity contribution < 1.29 is 19.1 Å². The molecule has 0 unspecified atom stereocenters. The van der Waals surface area contributed by atoms with Gasteiger partial charge >= 0.3 is 5.97 Å². The number of rotatable bonds is 3. The minimum absolute atomic E-state index is 0.135. The van der Waals surface area contributed by atoms with Crippen molar-refractivity contribution in [2.75, 3.05) is 5.32 Å². The maximum atomic E-state index is 13.1. The average molecular weight is 308 g/mol. The number of carbonyl (C=O) groups excluding carboxylic acids is 1. The minimum Gasteiger partial charge on any atom is -0.478 e. The molecule has 0 fully saturated rings. The standard InChI is InChI=1S/C15H11ClFNO3/c1-8-6-10(15(20)21)3-5-13(8)18-14(19)9-2-4-12(17)11(16)7-9/h2-7H,1H3,(H,18,19)(H,20,21). The summed E-state index contributed by atoms with van der Waals surface area (Å²) in [5.41, 5.74) is 1.43. The van der Waals surface area contributed by atoms with E-state index in [0.29, 0.717) is 11.3 Å². The lowest BCUT2D eigenvalue weighted by molar-refractivity contribution is 0.0696. The van der Waals surface area contributed by atoms with Crippen LogP contribution in [0.15, 0.2) is 36.4 Å². The molecule has 0 bridgehead atoms. The van der Waals surface area contributed by atoms with E-state index in [9.17, 15) is 14.0 Å². The summed E-state index contributed by atoms with van der Waals surface area (Å²) < 4.78 is 13.1. The van der Waals surface area contributed by atoms with Gasteiger partial charge in [0.25, 0.3) is 5.91 Å². The third-order valence-electron chi connectivity index (χ3n) is 2.90. The summed E-state index contributed by atoms with van der Waals surface area (Å²) in [6, 6.07) is 8.00. The van der Waals surface area contributed by atoms with E-state index in [0.717, 1.165) is 6.07 Å². The van der Waals surface area contributed by atoms with E-state index >= 15 is 0 Å². The first-order valence-corrected chi connectivity index (χ1v) is 6.36. The van der Waals surface area contributed by atoms with Gasteiger partial charge in [0, 0.05) is 11.3 Å². The van der Waals surface area contributed by atoms with Crippen LogP contribution in [0.1, 0.15) is 26.3 Å². The van der Waals surface area contributed by atoms with E-state index in [4.69, 9.17) is 16.7 Å². The highest BCUT2D eigenvalue weighted by atomic mass is 35.5. The molecular weight excluding hydrogens is 297 g/mol. The SMILES string of the molecule is Cc1cc(C(=O)O)ccc1NC(=O)c1ccc(F)c(Cl)c1. The van der Waals surface area contributed by atoms with Crippen molar-refractivity contribution in [3.05, 3.63) is 63.9 Å². The molecule has 0 aliphatic rings. The van der Waals surface area contributed by atoms with Crippen LogP contribution in [-0.2, 0) is 0 Å². The number of halogens is 2. The van der Waals surface area contributed by atoms with Crippen molar-refractivity contribution in [1.29, 1.82) is 0 Å². The molecule has 1 amide bonds. The van der Waals surface area contributed by atoms with Crippen LogP contribution in [0.2, 0.25) is 5.02 Å². The fourth-order valence-electron chi connectivity index (χ4n) is 1.77. The van der Waals surface area contributed by atoms with Gasteiger partial charge in [-0.2, -0.15) is 0 Å². The highest BCUT2D eigenvalue weighted by molar-refractivity contribution is 6.31. The van der Waals surface area contributed by atoms with Crippen molar-refractivity contribution >= 4 is 29.2 Å². The number of aryl methyl sites for hydroxylation is 1. The fraction of sp³-hybridized carbons (Fsp3) is 0.0667. The van der Waals surface area contributed by atoms with Crippen LogP contribution in [0, 0.1) is 12.7 Å². The van der Waals surface area contributed by atoms with Crippen molar-refractivity contribution in [3.63, 3.8) is 0 Å². The third-order valence-corrected chi connectivity index (χ3v) is 3.19. The molecule has 4 nitrogen and oxygen atoms in total. The zero-order chi connectivity index (χ0) is 15.6. The molecule has 0 saturated heterocycles. The molecule has 0 atom stereocenters. The Morgan fingerprint density at radius 1 is 1.14 bits per heavy atom. The number of aromatic carboxylic acids is 1. The van der Waals surface area contributed by atoms with Crippen molar-refractivity contribution in [2.45, 2.75) is 6.92 Å². The number of hydrogen-bond acceptors (Lipinski definition) is 2. The normalized spacial score (nSPS) is 10.2. The summed E-state index contributed by atoms with van der Waals surface area (Å²) in [6.45, 7) is 1.68. The number of carboxylic acids is 1. The summed E-state index contributed by atoms with van der Waals surface area (Å²) >= 11 is 5.63. The van der Waals surface area contributed by atoms with E-state index in [1.165, 1.54) is 30.3 Å². The van der Waals surface area contributed by atoms with E-state index in [1.54, 1.807) is 6.92 Å². The van der Waals surface area contributed by atoms with Crippen LogP contribution < -0.4 is 5.32 Å². The molecule has 21 heavy (non-hydrogen) atoms. The summed E-state index contributed by atoms with van der Waals surface area (Å²) in [6.07, 6.45) is 0. The fourth-order valence-corrected chi connectivity index (χ4v) is 1.95. The van der Waals surface area contributed by atoms with Gasteiger partial charge in [0.05, 0.1) is 10.6 Å². The topological polar surface area (TPSA) is 66.4 Å². The maximum Gasteiger partial charge on any atom is 0.335 e. The van der Waals surface area contributed by atoms with Gasteiger partial charge in [-0.15, -0.1) is 0 Å².